The van der Waals surface area contributed by atoms with Crippen LogP contribution in [0, 0.1) is 6.92 Å². The number of hydrogen-bond donors (Lipinski definition) is 0. The molecule has 1 aromatic rings. The summed E-state index contributed by atoms with van der Waals surface area (Å²) in [5.74, 6) is 1.02. The van der Waals surface area contributed by atoms with Crippen LogP contribution in [0.2, 0.25) is 0 Å². The van der Waals surface area contributed by atoms with Gasteiger partial charge < -0.3 is 9.64 Å². The van der Waals surface area contributed by atoms with E-state index < -0.39 is 0 Å². The molecule has 0 N–H and O–H groups in total. The van der Waals surface area contributed by atoms with Gasteiger partial charge in [-0.2, -0.15) is 0 Å². The maximum Gasteiger partial charge on any atom is 0.143 e. The van der Waals surface area contributed by atoms with Gasteiger partial charge in [0.25, 0.3) is 0 Å². The normalized spacial score (nSPS) is 25.1. The lowest BCUT2D eigenvalue weighted by atomic mass is 10.2. The number of ether oxygens (including phenoxy) is 1. The Morgan fingerprint density at radius 1 is 1.53 bits per heavy atom. The van der Waals surface area contributed by atoms with Crippen LogP contribution in [-0.4, -0.2) is 35.6 Å². The fraction of sp³-hybridized carbons (Fsp3) is 0.583. The Labute approximate surface area is 119 Å². The zero-order chi connectivity index (χ0) is 12.4. The van der Waals surface area contributed by atoms with Gasteiger partial charge in [0.05, 0.1) is 16.7 Å². The van der Waals surface area contributed by atoms with Crippen molar-refractivity contribution in [3.8, 4) is 0 Å². The largest absolute Gasteiger partial charge is 0.371 e. The average Bonchev–Trinajstić information content (AvgIpc) is 2.31. The van der Waals surface area contributed by atoms with E-state index in [9.17, 15) is 0 Å². The molecule has 5 heteroatoms. The van der Waals surface area contributed by atoms with Crippen LogP contribution in [0.1, 0.15) is 12.5 Å². The van der Waals surface area contributed by atoms with E-state index in [1.807, 2.05) is 12.3 Å². The van der Waals surface area contributed by atoms with Gasteiger partial charge in [-0.1, -0.05) is 15.9 Å². The SMILES string of the molecule is Cc1ccnc(N2CC(C)OC(CBr)C2)c1Br. The Morgan fingerprint density at radius 2 is 2.29 bits per heavy atom. The molecule has 1 fully saturated rings. The zero-order valence-electron chi connectivity index (χ0n) is 9.99. The highest BCUT2D eigenvalue weighted by molar-refractivity contribution is 9.10. The van der Waals surface area contributed by atoms with Crippen LogP contribution in [0.25, 0.3) is 0 Å². The predicted molar refractivity (Wildman–Crippen MR) is 77.0 cm³/mol. The van der Waals surface area contributed by atoms with Crippen molar-refractivity contribution >= 4 is 37.7 Å². The third-order valence-corrected chi connectivity index (χ3v) is 4.56. The number of aryl methyl sites for hydroxylation is 1. The average molecular weight is 364 g/mol. The van der Waals surface area contributed by atoms with E-state index in [0.717, 1.165) is 28.7 Å². The molecule has 0 bridgehead atoms. The summed E-state index contributed by atoms with van der Waals surface area (Å²) in [4.78, 5) is 6.76. The van der Waals surface area contributed by atoms with Gasteiger partial charge in [-0.3, -0.25) is 0 Å². The first-order valence-electron chi connectivity index (χ1n) is 5.69. The highest BCUT2D eigenvalue weighted by Gasteiger charge is 2.26. The molecule has 2 atom stereocenters. The van der Waals surface area contributed by atoms with Crippen molar-refractivity contribution in [2.75, 3.05) is 23.3 Å². The molecule has 1 saturated heterocycles. The van der Waals surface area contributed by atoms with Crippen molar-refractivity contribution in [3.63, 3.8) is 0 Å². The molecule has 0 amide bonds. The second-order valence-electron chi connectivity index (χ2n) is 4.39. The van der Waals surface area contributed by atoms with Crippen molar-refractivity contribution in [2.45, 2.75) is 26.1 Å². The van der Waals surface area contributed by atoms with Gasteiger partial charge in [0, 0.05) is 24.6 Å². The van der Waals surface area contributed by atoms with E-state index in [0.29, 0.717) is 0 Å². The molecule has 0 saturated carbocycles. The highest BCUT2D eigenvalue weighted by Crippen LogP contribution is 2.29. The molecule has 0 aliphatic carbocycles. The van der Waals surface area contributed by atoms with Gasteiger partial charge in [-0.25, -0.2) is 4.98 Å². The standard InChI is InChI=1S/C12H16Br2N2O/c1-8-3-4-15-12(11(8)14)16-6-9(2)17-10(5-13)7-16/h3-4,9-10H,5-7H2,1-2H3. The number of halogens is 2. The number of aromatic nitrogens is 1. The minimum Gasteiger partial charge on any atom is -0.371 e. The lowest BCUT2D eigenvalue weighted by Gasteiger charge is -2.37. The Hall–Kier alpha value is -0.130. The fourth-order valence-corrected chi connectivity index (χ4v) is 2.89. The van der Waals surface area contributed by atoms with Gasteiger partial charge in [0.15, 0.2) is 0 Å². The topological polar surface area (TPSA) is 25.4 Å². The minimum absolute atomic E-state index is 0.230. The number of hydrogen-bond acceptors (Lipinski definition) is 3. The molecule has 17 heavy (non-hydrogen) atoms. The van der Waals surface area contributed by atoms with E-state index in [-0.39, 0.29) is 12.2 Å². The minimum atomic E-state index is 0.230. The summed E-state index contributed by atoms with van der Waals surface area (Å²) in [6.45, 7) is 5.95. The molecule has 0 spiro atoms. The Bertz CT molecular complexity index is 400. The molecule has 94 valence electrons. The van der Waals surface area contributed by atoms with Crippen molar-refractivity contribution < 1.29 is 4.74 Å². The van der Waals surface area contributed by atoms with Gasteiger partial charge in [0.2, 0.25) is 0 Å². The predicted octanol–water partition coefficient (Wildman–Crippen LogP) is 3.14. The van der Waals surface area contributed by atoms with Crippen molar-refractivity contribution in [1.82, 2.24) is 4.98 Å². The number of nitrogens with zero attached hydrogens (tertiary/aromatic N) is 2. The molecular formula is C12H16Br2N2O. The van der Waals surface area contributed by atoms with Crippen LogP contribution >= 0.6 is 31.9 Å². The third-order valence-electron chi connectivity index (χ3n) is 2.86. The lowest BCUT2D eigenvalue weighted by Crippen LogP contribution is -2.47. The van der Waals surface area contributed by atoms with E-state index in [1.165, 1.54) is 5.56 Å². The maximum atomic E-state index is 5.83. The van der Waals surface area contributed by atoms with Crippen LogP contribution in [-0.2, 0) is 4.74 Å². The van der Waals surface area contributed by atoms with Gasteiger partial charge in [0.1, 0.15) is 5.82 Å². The number of rotatable bonds is 2. The molecular weight excluding hydrogens is 348 g/mol. The lowest BCUT2D eigenvalue weighted by molar-refractivity contribution is -0.00227. The fourth-order valence-electron chi connectivity index (χ4n) is 2.05. The number of anilines is 1. The quantitative estimate of drug-likeness (QED) is 0.755. The maximum absolute atomic E-state index is 5.83. The van der Waals surface area contributed by atoms with Gasteiger partial charge in [-0.15, -0.1) is 0 Å². The number of morpholine rings is 1. The van der Waals surface area contributed by atoms with Crippen LogP contribution < -0.4 is 4.90 Å². The monoisotopic (exact) mass is 362 g/mol. The second-order valence-corrected chi connectivity index (χ2v) is 5.83. The van der Waals surface area contributed by atoms with Crippen LogP contribution in [0.3, 0.4) is 0 Å². The molecule has 2 rings (SSSR count). The van der Waals surface area contributed by atoms with Crippen LogP contribution in [0.15, 0.2) is 16.7 Å². The highest BCUT2D eigenvalue weighted by atomic mass is 79.9. The molecule has 1 aliphatic heterocycles. The summed E-state index contributed by atoms with van der Waals surface area (Å²) in [6.07, 6.45) is 2.33. The van der Waals surface area contributed by atoms with E-state index in [1.54, 1.807) is 0 Å². The smallest absolute Gasteiger partial charge is 0.143 e. The third kappa shape index (κ3) is 3.01. The number of pyridine rings is 1. The van der Waals surface area contributed by atoms with E-state index in [2.05, 4.69) is 55.6 Å². The number of alkyl halides is 1. The molecule has 0 aromatic carbocycles. The summed E-state index contributed by atoms with van der Waals surface area (Å²) in [7, 11) is 0. The van der Waals surface area contributed by atoms with Crippen LogP contribution in [0.5, 0.6) is 0 Å². The molecule has 1 aliphatic rings. The van der Waals surface area contributed by atoms with E-state index >= 15 is 0 Å². The summed E-state index contributed by atoms with van der Waals surface area (Å²) in [5.41, 5.74) is 1.21. The Morgan fingerprint density at radius 3 is 3.00 bits per heavy atom. The molecule has 2 heterocycles. The first-order chi connectivity index (χ1) is 8.11. The first-order valence-corrected chi connectivity index (χ1v) is 7.60. The van der Waals surface area contributed by atoms with Gasteiger partial charge in [-0.05, 0) is 41.4 Å². The second kappa shape index (κ2) is 5.67. The molecule has 2 unspecified atom stereocenters. The molecule has 1 aromatic heterocycles. The summed E-state index contributed by atoms with van der Waals surface area (Å²) >= 11 is 7.11. The Balaban J connectivity index is 2.23. The van der Waals surface area contributed by atoms with Crippen molar-refractivity contribution in [2.24, 2.45) is 0 Å². The molecule has 0 radical (unpaired) electrons. The Kier molecular flexibility index (Phi) is 4.44. The summed E-state index contributed by atoms with van der Waals surface area (Å²) in [5, 5.41) is 0.858. The van der Waals surface area contributed by atoms with Gasteiger partial charge >= 0.3 is 0 Å². The molecule has 3 nitrogen and oxygen atoms in total. The summed E-state index contributed by atoms with van der Waals surface area (Å²) < 4.78 is 6.91. The van der Waals surface area contributed by atoms with Crippen molar-refractivity contribution in [3.05, 3.63) is 22.3 Å². The van der Waals surface area contributed by atoms with Crippen LogP contribution in [0.4, 0.5) is 5.82 Å². The summed E-state index contributed by atoms with van der Waals surface area (Å²) in [6, 6.07) is 2.01. The van der Waals surface area contributed by atoms with E-state index in [4.69, 9.17) is 4.74 Å². The zero-order valence-corrected chi connectivity index (χ0v) is 13.2. The first kappa shape index (κ1) is 13.3. The van der Waals surface area contributed by atoms with Crippen molar-refractivity contribution in [1.29, 1.82) is 0 Å².